The van der Waals surface area contributed by atoms with Gasteiger partial charge in [-0.2, -0.15) is 11.3 Å². The van der Waals surface area contributed by atoms with Crippen LogP contribution in [0, 0.1) is 0 Å². The molecule has 7 heteroatoms. The zero-order valence-corrected chi connectivity index (χ0v) is 16.4. The number of likely N-dealkylation sites (tertiary alicyclic amines) is 1. The van der Waals surface area contributed by atoms with Gasteiger partial charge in [0.05, 0.1) is 4.90 Å². The lowest BCUT2D eigenvalue weighted by atomic mass is 10.1. The summed E-state index contributed by atoms with van der Waals surface area (Å²) >= 11 is 7.58. The maximum Gasteiger partial charge on any atom is 0.240 e. The number of nitrogens with zero attached hydrogens (tertiary/aromatic N) is 1. The van der Waals surface area contributed by atoms with Crippen LogP contribution in [0.25, 0.3) is 0 Å². The predicted octanol–water partition coefficient (Wildman–Crippen LogP) is 4.30. The van der Waals surface area contributed by atoms with Gasteiger partial charge in [0.25, 0.3) is 0 Å². The molecule has 0 aliphatic carbocycles. The van der Waals surface area contributed by atoms with Crippen LogP contribution in [-0.2, 0) is 10.0 Å². The first-order chi connectivity index (χ1) is 12.1. The van der Waals surface area contributed by atoms with Crippen LogP contribution in [0.1, 0.15) is 37.3 Å². The average Bonchev–Trinajstić information content (AvgIpc) is 2.98. The maximum absolute atomic E-state index is 12.6. The van der Waals surface area contributed by atoms with Crippen molar-refractivity contribution in [2.75, 3.05) is 19.6 Å². The quantitative estimate of drug-likeness (QED) is 0.789. The zero-order valence-electron chi connectivity index (χ0n) is 14.0. The van der Waals surface area contributed by atoms with E-state index in [0.717, 1.165) is 13.1 Å². The number of nitrogens with one attached hydrogen (secondary N) is 1. The van der Waals surface area contributed by atoms with Gasteiger partial charge in [-0.05, 0) is 66.5 Å². The Kier molecular flexibility index (Phi) is 6.52. The Labute approximate surface area is 158 Å². The molecule has 25 heavy (non-hydrogen) atoms. The van der Waals surface area contributed by atoms with Crippen molar-refractivity contribution in [3.05, 3.63) is 51.7 Å². The average molecular weight is 399 g/mol. The van der Waals surface area contributed by atoms with E-state index in [2.05, 4.69) is 21.1 Å². The van der Waals surface area contributed by atoms with Gasteiger partial charge >= 0.3 is 0 Å². The Morgan fingerprint density at radius 1 is 1.16 bits per heavy atom. The minimum Gasteiger partial charge on any atom is -0.295 e. The van der Waals surface area contributed by atoms with E-state index in [4.69, 9.17) is 11.6 Å². The Balaban J connectivity index is 1.76. The second-order valence-electron chi connectivity index (χ2n) is 6.33. The smallest absolute Gasteiger partial charge is 0.240 e. The topological polar surface area (TPSA) is 49.4 Å². The number of thiophene rings is 1. The first kappa shape index (κ1) is 18.9. The lowest BCUT2D eigenvalue weighted by molar-refractivity contribution is 0.206. The molecule has 0 amide bonds. The van der Waals surface area contributed by atoms with Gasteiger partial charge in [0.1, 0.15) is 0 Å². The number of benzene rings is 1. The van der Waals surface area contributed by atoms with Crippen molar-refractivity contribution in [3.63, 3.8) is 0 Å². The van der Waals surface area contributed by atoms with E-state index in [-0.39, 0.29) is 10.9 Å². The van der Waals surface area contributed by atoms with Crippen LogP contribution in [0.3, 0.4) is 0 Å². The number of halogens is 1. The highest BCUT2D eigenvalue weighted by Crippen LogP contribution is 2.26. The molecule has 0 spiro atoms. The molecule has 1 aromatic carbocycles. The van der Waals surface area contributed by atoms with Crippen LogP contribution in [0.15, 0.2) is 46.0 Å². The third kappa shape index (κ3) is 5.05. The van der Waals surface area contributed by atoms with Crippen LogP contribution in [0.5, 0.6) is 0 Å². The molecule has 1 unspecified atom stereocenters. The molecule has 1 N–H and O–H groups in total. The summed E-state index contributed by atoms with van der Waals surface area (Å²) in [5.41, 5.74) is 1.18. The lowest BCUT2D eigenvalue weighted by Gasteiger charge is -2.30. The van der Waals surface area contributed by atoms with Gasteiger partial charge in [-0.3, -0.25) is 4.90 Å². The molecule has 1 fully saturated rings. The van der Waals surface area contributed by atoms with Crippen molar-refractivity contribution < 1.29 is 8.42 Å². The summed E-state index contributed by atoms with van der Waals surface area (Å²) in [4.78, 5) is 2.62. The normalized spacial score (nSPS) is 18.0. The van der Waals surface area contributed by atoms with Gasteiger partial charge in [-0.25, -0.2) is 13.1 Å². The lowest BCUT2D eigenvalue weighted by Crippen LogP contribution is -2.38. The standard InChI is InChI=1S/C18H23ClN2O2S2/c19-16-6-5-7-17(12-16)25(22,23)20-13-18(15-8-11-24-14-15)21-9-3-1-2-4-10-21/h5-8,11-12,14,18,20H,1-4,9-10,13H2. The van der Waals surface area contributed by atoms with Gasteiger partial charge in [0.2, 0.25) is 10.0 Å². The van der Waals surface area contributed by atoms with Crippen molar-refractivity contribution in [3.8, 4) is 0 Å². The first-order valence-electron chi connectivity index (χ1n) is 8.58. The van der Waals surface area contributed by atoms with Crippen molar-refractivity contribution in [2.24, 2.45) is 0 Å². The second kappa shape index (κ2) is 8.64. The number of sulfonamides is 1. The number of hydrogen-bond donors (Lipinski definition) is 1. The molecule has 2 heterocycles. The second-order valence-corrected chi connectivity index (χ2v) is 9.32. The molecule has 1 atom stereocenters. The fourth-order valence-corrected chi connectivity index (χ4v) is 5.28. The van der Waals surface area contributed by atoms with Gasteiger partial charge in [0.15, 0.2) is 0 Å². The fraction of sp³-hybridized carbons (Fsp3) is 0.444. The monoisotopic (exact) mass is 398 g/mol. The van der Waals surface area contributed by atoms with E-state index in [0.29, 0.717) is 11.6 Å². The van der Waals surface area contributed by atoms with Crippen LogP contribution < -0.4 is 4.72 Å². The van der Waals surface area contributed by atoms with E-state index in [1.54, 1.807) is 29.5 Å². The molecule has 1 aliphatic heterocycles. The number of hydrogen-bond acceptors (Lipinski definition) is 4. The molecular formula is C18H23ClN2O2S2. The van der Waals surface area contributed by atoms with Crippen LogP contribution in [0.2, 0.25) is 5.02 Å². The summed E-state index contributed by atoms with van der Waals surface area (Å²) < 4.78 is 28.0. The summed E-state index contributed by atoms with van der Waals surface area (Å²) in [5.74, 6) is 0. The molecular weight excluding hydrogens is 376 g/mol. The van der Waals surface area contributed by atoms with Crippen LogP contribution in [0.4, 0.5) is 0 Å². The Morgan fingerprint density at radius 2 is 1.92 bits per heavy atom. The molecule has 4 nitrogen and oxygen atoms in total. The van der Waals surface area contributed by atoms with Gasteiger partial charge in [-0.1, -0.05) is 30.5 Å². The van der Waals surface area contributed by atoms with E-state index in [1.807, 2.05) is 5.38 Å². The largest absolute Gasteiger partial charge is 0.295 e. The summed E-state index contributed by atoms with van der Waals surface area (Å²) in [6.07, 6.45) is 4.84. The summed E-state index contributed by atoms with van der Waals surface area (Å²) in [7, 11) is -3.57. The fourth-order valence-electron chi connectivity index (χ4n) is 3.24. The van der Waals surface area contributed by atoms with Crippen molar-refractivity contribution in [1.29, 1.82) is 0 Å². The highest BCUT2D eigenvalue weighted by atomic mass is 35.5. The van der Waals surface area contributed by atoms with Crippen molar-refractivity contribution in [1.82, 2.24) is 9.62 Å². The minimum atomic E-state index is -3.57. The zero-order chi connectivity index (χ0) is 17.7. The third-order valence-corrected chi connectivity index (χ3v) is 6.94. The highest BCUT2D eigenvalue weighted by molar-refractivity contribution is 7.89. The maximum atomic E-state index is 12.6. The SMILES string of the molecule is O=S(=O)(NCC(c1ccsc1)N1CCCCCC1)c1cccc(Cl)c1. The third-order valence-electron chi connectivity index (χ3n) is 4.58. The Bertz CT molecular complexity index is 770. The molecule has 0 bridgehead atoms. The summed E-state index contributed by atoms with van der Waals surface area (Å²) in [6.45, 7) is 2.39. The van der Waals surface area contributed by atoms with Crippen LogP contribution in [-0.4, -0.2) is 33.0 Å². The first-order valence-corrected chi connectivity index (χ1v) is 11.4. The van der Waals surface area contributed by atoms with Gasteiger partial charge < -0.3 is 0 Å². The van der Waals surface area contributed by atoms with Crippen molar-refractivity contribution in [2.45, 2.75) is 36.6 Å². The minimum absolute atomic E-state index is 0.0679. The highest BCUT2D eigenvalue weighted by Gasteiger charge is 2.24. The Hall–Kier alpha value is -0.920. The van der Waals surface area contributed by atoms with E-state index < -0.39 is 10.0 Å². The van der Waals surface area contributed by atoms with E-state index >= 15 is 0 Å². The van der Waals surface area contributed by atoms with Crippen molar-refractivity contribution >= 4 is 33.0 Å². The molecule has 0 saturated carbocycles. The molecule has 0 radical (unpaired) electrons. The summed E-state index contributed by atoms with van der Waals surface area (Å²) in [5, 5.41) is 4.58. The molecule has 1 aliphatic rings. The van der Waals surface area contributed by atoms with E-state index in [1.165, 1.54) is 37.3 Å². The van der Waals surface area contributed by atoms with Gasteiger partial charge in [0, 0.05) is 17.6 Å². The molecule has 136 valence electrons. The molecule has 1 aromatic heterocycles. The summed E-state index contributed by atoms with van der Waals surface area (Å²) in [6, 6.07) is 8.54. The van der Waals surface area contributed by atoms with Gasteiger partial charge in [-0.15, -0.1) is 0 Å². The number of rotatable bonds is 6. The molecule has 2 aromatic rings. The van der Waals surface area contributed by atoms with E-state index in [9.17, 15) is 8.42 Å². The molecule has 1 saturated heterocycles. The molecule has 3 rings (SSSR count). The van der Waals surface area contributed by atoms with Crippen LogP contribution >= 0.6 is 22.9 Å². The predicted molar refractivity (Wildman–Crippen MR) is 104 cm³/mol. The Morgan fingerprint density at radius 3 is 2.56 bits per heavy atom.